The minimum Gasteiger partial charge on any atom is -0.444 e. The zero-order valence-electron chi connectivity index (χ0n) is 14.0. The van der Waals surface area contributed by atoms with Gasteiger partial charge in [-0.2, -0.15) is 0 Å². The molecule has 1 amide bonds. The summed E-state index contributed by atoms with van der Waals surface area (Å²) in [5, 5.41) is 3.43. The van der Waals surface area contributed by atoms with Crippen LogP contribution in [-0.4, -0.2) is 53.9 Å². The summed E-state index contributed by atoms with van der Waals surface area (Å²) in [5.74, 6) is 0. The van der Waals surface area contributed by atoms with Gasteiger partial charge in [-0.25, -0.2) is 4.79 Å². The molecule has 128 valence electrons. The zero-order valence-corrected chi connectivity index (χ0v) is 15.6. The number of anilines is 1. The Hall–Kier alpha value is -1.34. The van der Waals surface area contributed by atoms with Crippen LogP contribution in [0.1, 0.15) is 27.2 Å². The number of hydrogen-bond donors (Lipinski definition) is 1. The van der Waals surface area contributed by atoms with Gasteiger partial charge in [0.15, 0.2) is 0 Å². The lowest BCUT2D eigenvalue weighted by atomic mass is 10.0. The predicted molar refractivity (Wildman–Crippen MR) is 92.6 cm³/mol. The van der Waals surface area contributed by atoms with Crippen molar-refractivity contribution in [1.82, 2.24) is 9.88 Å². The van der Waals surface area contributed by atoms with Crippen LogP contribution >= 0.6 is 15.9 Å². The summed E-state index contributed by atoms with van der Waals surface area (Å²) in [6, 6.07) is 2.09. The van der Waals surface area contributed by atoms with Crippen LogP contribution < -0.4 is 5.32 Å². The molecule has 1 aliphatic heterocycles. The summed E-state index contributed by atoms with van der Waals surface area (Å²) in [6.45, 7) is 6.74. The number of hydrogen-bond acceptors (Lipinski definition) is 5. The van der Waals surface area contributed by atoms with Crippen LogP contribution in [0, 0.1) is 0 Å². The molecule has 0 aliphatic carbocycles. The molecule has 2 atom stereocenters. The van der Waals surface area contributed by atoms with Gasteiger partial charge in [-0.3, -0.25) is 4.98 Å². The molecule has 0 bridgehead atoms. The minimum atomic E-state index is -0.489. The quantitative estimate of drug-likeness (QED) is 0.864. The summed E-state index contributed by atoms with van der Waals surface area (Å²) in [5.41, 5.74) is 0.439. The number of nitrogens with one attached hydrogen (secondary N) is 1. The zero-order chi connectivity index (χ0) is 17.0. The molecule has 0 saturated carbocycles. The SMILES string of the molecule is CO[C@@H]1CN(C(=O)OC(C)(C)C)CC[C@@H]1Nc1cncc(Br)c1. The van der Waals surface area contributed by atoms with Gasteiger partial charge in [-0.1, -0.05) is 0 Å². The number of rotatable bonds is 3. The van der Waals surface area contributed by atoms with E-state index in [0.717, 1.165) is 16.6 Å². The lowest BCUT2D eigenvalue weighted by Gasteiger charge is -2.38. The Bertz CT molecular complexity index is 548. The molecule has 1 N–H and O–H groups in total. The summed E-state index contributed by atoms with van der Waals surface area (Å²) in [7, 11) is 1.66. The Labute approximate surface area is 145 Å². The standard InChI is InChI=1S/C16H24BrN3O3/c1-16(2,3)23-15(21)20-6-5-13(14(10-20)22-4)19-12-7-11(17)8-18-9-12/h7-9,13-14,19H,5-6,10H2,1-4H3/t13-,14+/m0/s1. The van der Waals surface area contributed by atoms with E-state index in [9.17, 15) is 4.79 Å². The third-order valence-corrected chi connectivity index (χ3v) is 4.00. The fourth-order valence-corrected chi connectivity index (χ4v) is 2.88. The van der Waals surface area contributed by atoms with Gasteiger partial charge >= 0.3 is 6.09 Å². The first kappa shape index (κ1) is 18.0. The average molecular weight is 386 g/mol. The molecule has 1 aromatic rings. The summed E-state index contributed by atoms with van der Waals surface area (Å²) in [4.78, 5) is 18.1. The maximum absolute atomic E-state index is 12.2. The lowest BCUT2D eigenvalue weighted by molar-refractivity contribution is -0.0101. The van der Waals surface area contributed by atoms with Crippen LogP contribution in [0.15, 0.2) is 22.9 Å². The Morgan fingerprint density at radius 1 is 1.43 bits per heavy atom. The van der Waals surface area contributed by atoms with Gasteiger partial charge in [0.05, 0.1) is 30.6 Å². The number of likely N-dealkylation sites (tertiary alicyclic amines) is 1. The van der Waals surface area contributed by atoms with Gasteiger partial charge in [-0.05, 0) is 49.2 Å². The number of pyridine rings is 1. The molecule has 0 radical (unpaired) electrons. The molecule has 6 nitrogen and oxygen atoms in total. The topological polar surface area (TPSA) is 63.7 Å². The first-order chi connectivity index (χ1) is 10.8. The fourth-order valence-electron chi connectivity index (χ4n) is 2.52. The van der Waals surface area contributed by atoms with Crippen molar-refractivity contribution >= 4 is 27.7 Å². The third kappa shape index (κ3) is 5.35. The van der Waals surface area contributed by atoms with Crippen LogP contribution in [0.3, 0.4) is 0 Å². The Morgan fingerprint density at radius 2 is 2.17 bits per heavy atom. The highest BCUT2D eigenvalue weighted by Crippen LogP contribution is 2.22. The second-order valence-corrected chi connectivity index (χ2v) is 7.55. The number of aromatic nitrogens is 1. The molecule has 2 rings (SSSR count). The molecule has 2 heterocycles. The van der Waals surface area contributed by atoms with Crippen molar-refractivity contribution in [2.45, 2.75) is 44.9 Å². The normalized spacial score (nSPS) is 21.9. The molecule has 1 fully saturated rings. The highest BCUT2D eigenvalue weighted by atomic mass is 79.9. The van der Waals surface area contributed by atoms with E-state index in [1.807, 2.05) is 26.8 Å². The maximum atomic E-state index is 12.2. The summed E-state index contributed by atoms with van der Waals surface area (Å²) >= 11 is 3.41. The molecule has 0 spiro atoms. The van der Waals surface area contributed by atoms with E-state index in [0.29, 0.717) is 13.1 Å². The first-order valence-electron chi connectivity index (χ1n) is 7.66. The number of ether oxygens (including phenoxy) is 2. The van der Waals surface area contributed by atoms with Crippen LogP contribution in [0.5, 0.6) is 0 Å². The van der Waals surface area contributed by atoms with E-state index in [2.05, 4.69) is 26.2 Å². The van der Waals surface area contributed by atoms with E-state index in [4.69, 9.17) is 9.47 Å². The lowest BCUT2D eigenvalue weighted by Crippen LogP contribution is -2.53. The molecule has 0 unspecified atom stereocenters. The van der Waals surface area contributed by atoms with Crippen molar-refractivity contribution < 1.29 is 14.3 Å². The maximum Gasteiger partial charge on any atom is 0.410 e. The molecule has 1 saturated heterocycles. The molecule has 23 heavy (non-hydrogen) atoms. The number of amides is 1. The Kier molecular flexibility index (Phi) is 5.86. The number of piperidine rings is 1. The van der Waals surface area contributed by atoms with Crippen LogP contribution in [-0.2, 0) is 9.47 Å². The van der Waals surface area contributed by atoms with Gasteiger partial charge in [0, 0.05) is 24.3 Å². The van der Waals surface area contributed by atoms with Gasteiger partial charge in [-0.15, -0.1) is 0 Å². The van der Waals surface area contributed by atoms with Crippen molar-refractivity contribution in [3.63, 3.8) is 0 Å². The number of nitrogens with zero attached hydrogens (tertiary/aromatic N) is 2. The Morgan fingerprint density at radius 3 is 2.78 bits per heavy atom. The minimum absolute atomic E-state index is 0.102. The van der Waals surface area contributed by atoms with Gasteiger partial charge in [0.25, 0.3) is 0 Å². The highest BCUT2D eigenvalue weighted by molar-refractivity contribution is 9.10. The van der Waals surface area contributed by atoms with Crippen molar-refractivity contribution in [2.75, 3.05) is 25.5 Å². The number of methoxy groups -OCH3 is 1. The van der Waals surface area contributed by atoms with E-state index >= 15 is 0 Å². The second kappa shape index (κ2) is 7.49. The van der Waals surface area contributed by atoms with Gasteiger partial charge < -0.3 is 19.7 Å². The highest BCUT2D eigenvalue weighted by Gasteiger charge is 2.33. The van der Waals surface area contributed by atoms with Crippen molar-refractivity contribution in [3.8, 4) is 0 Å². The van der Waals surface area contributed by atoms with Crippen molar-refractivity contribution in [3.05, 3.63) is 22.9 Å². The molecule has 1 aromatic heterocycles. The fraction of sp³-hybridized carbons (Fsp3) is 0.625. The van der Waals surface area contributed by atoms with Crippen molar-refractivity contribution in [2.24, 2.45) is 0 Å². The van der Waals surface area contributed by atoms with Crippen LogP contribution in [0.4, 0.5) is 10.5 Å². The average Bonchev–Trinajstić information content (AvgIpc) is 2.46. The van der Waals surface area contributed by atoms with E-state index in [1.165, 1.54) is 0 Å². The second-order valence-electron chi connectivity index (χ2n) is 6.63. The number of carbonyl (C=O) groups is 1. The predicted octanol–water partition coefficient (Wildman–Crippen LogP) is 3.28. The van der Waals surface area contributed by atoms with Gasteiger partial charge in [0.1, 0.15) is 5.60 Å². The van der Waals surface area contributed by atoms with E-state index < -0.39 is 5.60 Å². The number of halogens is 1. The molecule has 7 heteroatoms. The summed E-state index contributed by atoms with van der Waals surface area (Å²) in [6.07, 6.45) is 3.91. The molecular weight excluding hydrogens is 362 g/mol. The van der Waals surface area contributed by atoms with Crippen LogP contribution in [0.25, 0.3) is 0 Å². The number of carbonyl (C=O) groups excluding carboxylic acids is 1. The van der Waals surface area contributed by atoms with Crippen molar-refractivity contribution in [1.29, 1.82) is 0 Å². The monoisotopic (exact) mass is 385 g/mol. The van der Waals surface area contributed by atoms with Crippen LogP contribution in [0.2, 0.25) is 0 Å². The Balaban J connectivity index is 1.97. The molecular formula is C16H24BrN3O3. The summed E-state index contributed by atoms with van der Waals surface area (Å²) < 4.78 is 11.9. The molecule has 0 aromatic carbocycles. The smallest absolute Gasteiger partial charge is 0.410 e. The van der Waals surface area contributed by atoms with Gasteiger partial charge in [0.2, 0.25) is 0 Å². The van der Waals surface area contributed by atoms with E-state index in [-0.39, 0.29) is 18.2 Å². The van der Waals surface area contributed by atoms with E-state index in [1.54, 1.807) is 24.4 Å². The first-order valence-corrected chi connectivity index (χ1v) is 8.45. The largest absolute Gasteiger partial charge is 0.444 e. The third-order valence-electron chi connectivity index (χ3n) is 3.57. The molecule has 1 aliphatic rings.